The van der Waals surface area contributed by atoms with Gasteiger partial charge in [0.25, 0.3) is 0 Å². The Morgan fingerprint density at radius 3 is 2.38 bits per heavy atom. The Labute approximate surface area is 97.2 Å². The predicted molar refractivity (Wildman–Crippen MR) is 63.2 cm³/mol. The summed E-state index contributed by atoms with van der Waals surface area (Å²) in [6.07, 6.45) is 9.54. The van der Waals surface area contributed by atoms with Gasteiger partial charge < -0.3 is 15.4 Å². The average Bonchev–Trinajstić information content (AvgIpc) is 2.25. The molecule has 1 amide bonds. The van der Waals surface area contributed by atoms with Crippen molar-refractivity contribution in [3.63, 3.8) is 0 Å². The maximum atomic E-state index is 11.3. The van der Waals surface area contributed by atoms with Crippen LogP contribution < -0.4 is 10.6 Å². The van der Waals surface area contributed by atoms with Crippen molar-refractivity contribution >= 4 is 12.2 Å². The third-order valence-electron chi connectivity index (χ3n) is 3.04. The minimum Gasteiger partial charge on any atom is -0.348 e. The van der Waals surface area contributed by atoms with Crippen LogP contribution in [0.1, 0.15) is 44.9 Å². The molecule has 0 aromatic rings. The van der Waals surface area contributed by atoms with Crippen LogP contribution in [0.5, 0.6) is 0 Å². The van der Waals surface area contributed by atoms with Gasteiger partial charge in [0.2, 0.25) is 5.91 Å². The molecule has 0 bridgehead atoms. The van der Waals surface area contributed by atoms with Crippen molar-refractivity contribution in [1.82, 2.24) is 10.6 Å². The summed E-state index contributed by atoms with van der Waals surface area (Å²) in [4.78, 5) is 21.3. The third kappa shape index (κ3) is 5.85. The van der Waals surface area contributed by atoms with Crippen LogP contribution in [0.25, 0.3) is 0 Å². The standard InChI is InChI=1S/C12H22N2O2/c15-9-8-13-12(16)10-14-11-6-4-2-1-3-5-7-11/h9,11,14H,1-8,10H2,(H,13,16). The Bertz CT molecular complexity index is 211. The van der Waals surface area contributed by atoms with Gasteiger partial charge in [-0.2, -0.15) is 0 Å². The summed E-state index contributed by atoms with van der Waals surface area (Å²) in [7, 11) is 0. The van der Waals surface area contributed by atoms with E-state index in [1.807, 2.05) is 0 Å². The molecule has 0 aliphatic heterocycles. The first-order valence-electron chi connectivity index (χ1n) is 6.26. The lowest BCUT2D eigenvalue weighted by molar-refractivity contribution is -0.121. The van der Waals surface area contributed by atoms with Gasteiger partial charge in [0.05, 0.1) is 13.1 Å². The third-order valence-corrected chi connectivity index (χ3v) is 3.04. The molecular formula is C12H22N2O2. The zero-order valence-electron chi connectivity index (χ0n) is 9.84. The van der Waals surface area contributed by atoms with E-state index in [-0.39, 0.29) is 12.5 Å². The molecule has 4 nitrogen and oxygen atoms in total. The molecule has 0 saturated heterocycles. The topological polar surface area (TPSA) is 58.2 Å². The number of nitrogens with one attached hydrogen (secondary N) is 2. The second-order valence-electron chi connectivity index (χ2n) is 4.39. The minimum atomic E-state index is -0.0887. The van der Waals surface area contributed by atoms with Crippen molar-refractivity contribution in [2.45, 2.75) is 51.0 Å². The van der Waals surface area contributed by atoms with Gasteiger partial charge >= 0.3 is 0 Å². The summed E-state index contributed by atoms with van der Waals surface area (Å²) >= 11 is 0. The number of carbonyl (C=O) groups is 2. The lowest BCUT2D eigenvalue weighted by atomic mass is 9.97. The maximum Gasteiger partial charge on any atom is 0.234 e. The van der Waals surface area contributed by atoms with Crippen molar-refractivity contribution in [2.75, 3.05) is 13.1 Å². The Hall–Kier alpha value is -0.900. The summed E-state index contributed by atoms with van der Waals surface area (Å²) in [5.41, 5.74) is 0. The molecule has 1 fully saturated rings. The van der Waals surface area contributed by atoms with Gasteiger partial charge in [-0.25, -0.2) is 0 Å². The van der Waals surface area contributed by atoms with Crippen molar-refractivity contribution < 1.29 is 9.59 Å². The summed E-state index contributed by atoms with van der Waals surface area (Å²) in [5, 5.41) is 5.80. The molecule has 4 heteroatoms. The van der Waals surface area contributed by atoms with E-state index in [4.69, 9.17) is 0 Å². The van der Waals surface area contributed by atoms with Crippen LogP contribution in [0.15, 0.2) is 0 Å². The molecule has 0 aromatic heterocycles. The van der Waals surface area contributed by atoms with E-state index < -0.39 is 0 Å². The number of rotatable bonds is 5. The minimum absolute atomic E-state index is 0.0887. The predicted octanol–water partition coefficient (Wildman–Crippen LogP) is 1.00. The zero-order valence-corrected chi connectivity index (χ0v) is 9.84. The highest BCUT2D eigenvalue weighted by Gasteiger charge is 2.11. The van der Waals surface area contributed by atoms with Crippen molar-refractivity contribution in [1.29, 1.82) is 0 Å². The van der Waals surface area contributed by atoms with Gasteiger partial charge in [0.1, 0.15) is 6.29 Å². The number of hydrogen-bond acceptors (Lipinski definition) is 3. The molecular weight excluding hydrogens is 204 g/mol. The molecule has 1 aliphatic rings. The first kappa shape index (κ1) is 13.2. The molecule has 0 radical (unpaired) electrons. The van der Waals surface area contributed by atoms with E-state index in [9.17, 15) is 9.59 Å². The van der Waals surface area contributed by atoms with Crippen LogP contribution in [-0.4, -0.2) is 31.3 Å². The monoisotopic (exact) mass is 226 g/mol. The fourth-order valence-corrected chi connectivity index (χ4v) is 2.12. The summed E-state index contributed by atoms with van der Waals surface area (Å²) in [5.74, 6) is -0.0887. The van der Waals surface area contributed by atoms with Crippen LogP contribution in [0.2, 0.25) is 0 Å². The zero-order chi connectivity index (χ0) is 11.6. The summed E-state index contributed by atoms with van der Waals surface area (Å²) in [6, 6.07) is 0.474. The van der Waals surface area contributed by atoms with Gasteiger partial charge in [0, 0.05) is 6.04 Å². The van der Waals surface area contributed by atoms with Crippen LogP contribution in [-0.2, 0) is 9.59 Å². The molecule has 2 N–H and O–H groups in total. The van der Waals surface area contributed by atoms with Crippen LogP contribution in [0.3, 0.4) is 0 Å². The molecule has 1 rings (SSSR count). The lowest BCUT2D eigenvalue weighted by Crippen LogP contribution is -2.39. The van der Waals surface area contributed by atoms with Crippen LogP contribution >= 0.6 is 0 Å². The molecule has 16 heavy (non-hydrogen) atoms. The van der Waals surface area contributed by atoms with Gasteiger partial charge in [-0.05, 0) is 12.8 Å². The molecule has 0 spiro atoms. The van der Waals surface area contributed by atoms with E-state index >= 15 is 0 Å². The van der Waals surface area contributed by atoms with E-state index in [0.717, 1.165) is 0 Å². The average molecular weight is 226 g/mol. The number of carbonyl (C=O) groups excluding carboxylic acids is 2. The highest BCUT2D eigenvalue weighted by molar-refractivity contribution is 5.80. The number of amides is 1. The van der Waals surface area contributed by atoms with Crippen LogP contribution in [0.4, 0.5) is 0 Å². The summed E-state index contributed by atoms with van der Waals surface area (Å²) in [6.45, 7) is 0.448. The largest absolute Gasteiger partial charge is 0.348 e. The molecule has 0 atom stereocenters. The second-order valence-corrected chi connectivity index (χ2v) is 4.39. The quantitative estimate of drug-likeness (QED) is 0.688. The molecule has 92 valence electrons. The molecule has 0 heterocycles. The maximum absolute atomic E-state index is 11.3. The first-order valence-corrected chi connectivity index (χ1v) is 6.26. The SMILES string of the molecule is O=CCNC(=O)CNC1CCCCCCC1. The molecule has 0 unspecified atom stereocenters. The van der Waals surface area contributed by atoms with Crippen molar-refractivity contribution in [3.8, 4) is 0 Å². The fourth-order valence-electron chi connectivity index (χ4n) is 2.12. The number of aldehydes is 1. The Balaban J connectivity index is 2.13. The number of hydrogen-bond donors (Lipinski definition) is 2. The first-order chi connectivity index (χ1) is 7.83. The smallest absolute Gasteiger partial charge is 0.234 e. The Kier molecular flexibility index (Phi) is 6.81. The fraction of sp³-hybridized carbons (Fsp3) is 0.833. The molecule has 1 saturated carbocycles. The van der Waals surface area contributed by atoms with Gasteiger partial charge in [-0.3, -0.25) is 4.79 Å². The van der Waals surface area contributed by atoms with E-state index in [1.165, 1.54) is 44.9 Å². The van der Waals surface area contributed by atoms with Crippen LogP contribution in [0, 0.1) is 0 Å². The summed E-state index contributed by atoms with van der Waals surface area (Å²) < 4.78 is 0. The van der Waals surface area contributed by atoms with Crippen molar-refractivity contribution in [3.05, 3.63) is 0 Å². The Morgan fingerprint density at radius 1 is 1.12 bits per heavy atom. The van der Waals surface area contributed by atoms with E-state index in [2.05, 4.69) is 10.6 Å². The molecule has 0 aromatic carbocycles. The normalized spacial score (nSPS) is 18.5. The molecule has 1 aliphatic carbocycles. The van der Waals surface area contributed by atoms with Crippen molar-refractivity contribution in [2.24, 2.45) is 0 Å². The highest BCUT2D eigenvalue weighted by atomic mass is 16.2. The lowest BCUT2D eigenvalue weighted by Gasteiger charge is -2.20. The Morgan fingerprint density at radius 2 is 1.75 bits per heavy atom. The van der Waals surface area contributed by atoms with Gasteiger partial charge in [0.15, 0.2) is 0 Å². The van der Waals surface area contributed by atoms with Gasteiger partial charge in [-0.1, -0.05) is 32.1 Å². The van der Waals surface area contributed by atoms with E-state index in [1.54, 1.807) is 0 Å². The second kappa shape index (κ2) is 8.28. The van der Waals surface area contributed by atoms with Gasteiger partial charge in [-0.15, -0.1) is 0 Å². The van der Waals surface area contributed by atoms with E-state index in [0.29, 0.717) is 18.9 Å². The highest BCUT2D eigenvalue weighted by Crippen LogP contribution is 2.16.